The molecule has 0 spiro atoms. The van der Waals surface area contributed by atoms with Crippen molar-refractivity contribution in [2.45, 2.75) is 25.9 Å². The van der Waals surface area contributed by atoms with Crippen LogP contribution < -0.4 is 10.1 Å². The van der Waals surface area contributed by atoms with Crippen molar-refractivity contribution >= 4 is 28.5 Å². The van der Waals surface area contributed by atoms with Crippen molar-refractivity contribution in [1.29, 1.82) is 0 Å². The fourth-order valence-corrected chi connectivity index (χ4v) is 2.94. The number of hydrogen-bond acceptors (Lipinski definition) is 7. The van der Waals surface area contributed by atoms with Crippen LogP contribution in [-0.4, -0.2) is 34.3 Å². The van der Waals surface area contributed by atoms with Gasteiger partial charge in [0, 0.05) is 18.2 Å². The number of oxazole rings is 1. The molecule has 1 aliphatic rings. The van der Waals surface area contributed by atoms with Crippen LogP contribution in [0.2, 0.25) is 0 Å². The molecule has 8 heteroatoms. The molecule has 1 N–H and O–H groups in total. The topological polar surface area (TPSA) is 98.8 Å². The quantitative estimate of drug-likeness (QED) is 0.760. The average molecular weight is 366 g/mol. The lowest BCUT2D eigenvalue weighted by atomic mass is 9.99. The van der Waals surface area contributed by atoms with Crippen LogP contribution in [0.4, 0.5) is 5.69 Å². The van der Waals surface area contributed by atoms with Crippen molar-refractivity contribution in [3.8, 4) is 17.2 Å². The number of pyridine rings is 1. The minimum absolute atomic E-state index is 0.308. The van der Waals surface area contributed by atoms with E-state index in [1.807, 2.05) is 6.92 Å². The molecule has 1 amide bonds. The van der Waals surface area contributed by atoms with Crippen molar-refractivity contribution in [2.24, 2.45) is 5.16 Å². The highest BCUT2D eigenvalue weighted by atomic mass is 16.7. The molecule has 0 unspecified atom stereocenters. The monoisotopic (exact) mass is 366 g/mol. The number of fused-ring (bicyclic) bond motifs is 1. The number of nitrogens with one attached hydrogen (secondary N) is 1. The molecule has 138 valence electrons. The molecule has 1 atom stereocenters. The number of benzene rings is 1. The van der Waals surface area contributed by atoms with Gasteiger partial charge >= 0.3 is 0 Å². The summed E-state index contributed by atoms with van der Waals surface area (Å²) in [5.41, 5.74) is 2.01. The summed E-state index contributed by atoms with van der Waals surface area (Å²) in [6.45, 7) is 3.52. The van der Waals surface area contributed by atoms with Crippen molar-refractivity contribution in [3.05, 3.63) is 36.5 Å². The first-order valence-electron chi connectivity index (χ1n) is 8.41. The van der Waals surface area contributed by atoms with Gasteiger partial charge < -0.3 is 19.3 Å². The first kappa shape index (κ1) is 17.0. The molecule has 1 aromatic carbocycles. The zero-order valence-corrected chi connectivity index (χ0v) is 15.1. The molecule has 1 aliphatic heterocycles. The maximum absolute atomic E-state index is 12.7. The van der Waals surface area contributed by atoms with Crippen LogP contribution in [0.1, 0.15) is 20.3 Å². The van der Waals surface area contributed by atoms with Crippen LogP contribution in [0.5, 0.6) is 5.75 Å². The Labute approximate surface area is 155 Å². The smallest absolute Gasteiger partial charge is 0.271 e. The molecule has 0 aliphatic carbocycles. The van der Waals surface area contributed by atoms with Gasteiger partial charge in [-0.1, -0.05) is 5.16 Å². The number of oxime groups is 1. The number of carbonyl (C=O) groups is 1. The fraction of sp³-hybridized carbons (Fsp3) is 0.263. The second-order valence-corrected chi connectivity index (χ2v) is 6.54. The van der Waals surface area contributed by atoms with Crippen LogP contribution in [0.15, 0.2) is 46.1 Å². The van der Waals surface area contributed by atoms with Gasteiger partial charge in [0.1, 0.15) is 5.75 Å². The molecule has 0 saturated heterocycles. The molecule has 4 rings (SSSR count). The number of aromatic nitrogens is 2. The predicted octanol–water partition coefficient (Wildman–Crippen LogP) is 3.39. The van der Waals surface area contributed by atoms with Crippen LogP contribution >= 0.6 is 0 Å². The summed E-state index contributed by atoms with van der Waals surface area (Å²) >= 11 is 0. The van der Waals surface area contributed by atoms with Gasteiger partial charge in [-0.25, -0.2) is 4.98 Å². The van der Waals surface area contributed by atoms with Gasteiger partial charge in [-0.15, -0.1) is 0 Å². The van der Waals surface area contributed by atoms with Gasteiger partial charge in [0.25, 0.3) is 5.91 Å². The van der Waals surface area contributed by atoms with Crippen LogP contribution in [0.3, 0.4) is 0 Å². The third-order valence-electron chi connectivity index (χ3n) is 4.34. The Kier molecular flexibility index (Phi) is 4.02. The van der Waals surface area contributed by atoms with Gasteiger partial charge in [-0.2, -0.15) is 4.98 Å². The molecule has 0 fully saturated rings. The van der Waals surface area contributed by atoms with Crippen molar-refractivity contribution in [3.63, 3.8) is 0 Å². The summed E-state index contributed by atoms with van der Waals surface area (Å²) in [6.07, 6.45) is 2.08. The molecule has 2 aromatic heterocycles. The average Bonchev–Trinajstić information content (AvgIpc) is 3.25. The third-order valence-corrected chi connectivity index (χ3v) is 4.34. The third kappa shape index (κ3) is 3.10. The number of carbonyl (C=O) groups excluding carboxylic acids is 1. The van der Waals surface area contributed by atoms with E-state index in [1.165, 1.54) is 7.11 Å². The second kappa shape index (κ2) is 6.39. The first-order chi connectivity index (χ1) is 13.0. The highest BCUT2D eigenvalue weighted by Gasteiger charge is 2.41. The van der Waals surface area contributed by atoms with E-state index >= 15 is 0 Å². The first-order valence-corrected chi connectivity index (χ1v) is 8.41. The summed E-state index contributed by atoms with van der Waals surface area (Å²) in [5, 5.41) is 6.74. The van der Waals surface area contributed by atoms with Crippen molar-refractivity contribution in [2.75, 3.05) is 12.4 Å². The summed E-state index contributed by atoms with van der Waals surface area (Å²) in [4.78, 5) is 26.6. The Hall–Kier alpha value is -3.42. The maximum atomic E-state index is 12.7. The van der Waals surface area contributed by atoms with Gasteiger partial charge in [-0.3, -0.25) is 4.79 Å². The molecular weight excluding hydrogens is 348 g/mol. The van der Waals surface area contributed by atoms with Crippen LogP contribution in [0.25, 0.3) is 22.7 Å². The minimum atomic E-state index is -1.05. The lowest BCUT2D eigenvalue weighted by molar-refractivity contribution is -0.135. The van der Waals surface area contributed by atoms with Crippen LogP contribution in [0, 0.1) is 0 Å². The lowest BCUT2D eigenvalue weighted by Crippen LogP contribution is -2.40. The Bertz CT molecular complexity index is 1030. The predicted molar refractivity (Wildman–Crippen MR) is 99.6 cm³/mol. The van der Waals surface area contributed by atoms with E-state index in [0.717, 1.165) is 5.71 Å². The normalized spacial score (nSPS) is 18.9. The Morgan fingerprint density at radius 3 is 2.89 bits per heavy atom. The fourth-order valence-electron chi connectivity index (χ4n) is 2.94. The zero-order valence-electron chi connectivity index (χ0n) is 15.1. The zero-order chi connectivity index (χ0) is 19.0. The van der Waals surface area contributed by atoms with E-state index in [9.17, 15) is 4.79 Å². The SMILES string of the molecule is COc1ccc(-c2nc3ncccc3o2)cc1NC(=O)[C@]1(C)CC(C)=NO1. The summed E-state index contributed by atoms with van der Waals surface area (Å²) in [7, 11) is 1.54. The summed E-state index contributed by atoms with van der Waals surface area (Å²) in [6, 6.07) is 8.87. The molecule has 0 radical (unpaired) electrons. The van der Waals surface area contributed by atoms with Gasteiger partial charge in [0.2, 0.25) is 11.5 Å². The highest BCUT2D eigenvalue weighted by molar-refractivity contribution is 6.02. The molecule has 0 saturated carbocycles. The molecule has 3 heterocycles. The number of rotatable bonds is 4. The van der Waals surface area contributed by atoms with E-state index < -0.39 is 5.60 Å². The lowest BCUT2D eigenvalue weighted by Gasteiger charge is -2.21. The Balaban J connectivity index is 1.66. The standard InChI is InChI=1S/C19H18N4O4/c1-11-10-19(2,27-23-11)18(24)21-13-9-12(6-7-14(13)25-3)17-22-16-15(26-17)5-4-8-20-16/h4-9H,10H2,1-3H3,(H,21,24)/t19-/m0/s1. The van der Waals surface area contributed by atoms with Crippen molar-refractivity contribution < 1.29 is 18.8 Å². The van der Waals surface area contributed by atoms with E-state index in [4.69, 9.17) is 14.0 Å². The molecule has 8 nitrogen and oxygen atoms in total. The molecular formula is C19H18N4O4. The van der Waals surface area contributed by atoms with E-state index in [0.29, 0.717) is 40.5 Å². The van der Waals surface area contributed by atoms with Crippen molar-refractivity contribution in [1.82, 2.24) is 9.97 Å². The number of amides is 1. The second-order valence-electron chi connectivity index (χ2n) is 6.54. The van der Waals surface area contributed by atoms with E-state index in [2.05, 4.69) is 20.4 Å². The van der Waals surface area contributed by atoms with E-state index in [-0.39, 0.29) is 5.91 Å². The Morgan fingerprint density at radius 1 is 1.33 bits per heavy atom. The molecule has 27 heavy (non-hydrogen) atoms. The van der Waals surface area contributed by atoms with Crippen LogP contribution in [-0.2, 0) is 9.63 Å². The number of anilines is 1. The van der Waals surface area contributed by atoms with E-state index in [1.54, 1.807) is 43.5 Å². The largest absolute Gasteiger partial charge is 0.495 e. The highest BCUT2D eigenvalue weighted by Crippen LogP contribution is 2.33. The Morgan fingerprint density at radius 2 is 2.19 bits per heavy atom. The van der Waals surface area contributed by atoms with Gasteiger partial charge in [0.15, 0.2) is 11.2 Å². The van der Waals surface area contributed by atoms with Gasteiger partial charge in [0.05, 0.1) is 18.5 Å². The number of hydrogen-bond donors (Lipinski definition) is 1. The summed E-state index contributed by atoms with van der Waals surface area (Å²) in [5.74, 6) is 0.614. The molecule has 0 bridgehead atoms. The molecule has 3 aromatic rings. The summed E-state index contributed by atoms with van der Waals surface area (Å²) < 4.78 is 11.1. The number of nitrogens with zero attached hydrogens (tertiary/aromatic N) is 3. The minimum Gasteiger partial charge on any atom is -0.495 e. The van der Waals surface area contributed by atoms with Gasteiger partial charge in [-0.05, 0) is 44.2 Å². The maximum Gasteiger partial charge on any atom is 0.271 e. The number of ether oxygens (including phenoxy) is 1. The number of methoxy groups -OCH3 is 1.